The average Bonchev–Trinajstić information content (AvgIpc) is 2.49. The summed E-state index contributed by atoms with van der Waals surface area (Å²) >= 11 is 0. The molecule has 21 heavy (non-hydrogen) atoms. The van der Waals surface area contributed by atoms with Gasteiger partial charge in [-0.1, -0.05) is 12.2 Å². The summed E-state index contributed by atoms with van der Waals surface area (Å²) in [4.78, 5) is 22.6. The average molecular weight is 288 g/mol. The molecule has 0 aromatic heterocycles. The number of carbonyl (C=O) groups excluding carboxylic acids is 1. The Morgan fingerprint density at radius 3 is 2.62 bits per heavy atom. The van der Waals surface area contributed by atoms with Crippen LogP contribution < -0.4 is 10.1 Å². The molecule has 0 spiro atoms. The number of carbonyl (C=O) groups is 2. The number of hydrogen-bond donors (Lipinski definition) is 2. The number of nitrogens with zero attached hydrogens (tertiary/aromatic N) is 1. The maximum atomic E-state index is 11.6. The van der Waals surface area contributed by atoms with Crippen molar-refractivity contribution in [2.75, 3.05) is 6.61 Å². The van der Waals surface area contributed by atoms with E-state index in [0.29, 0.717) is 11.3 Å². The number of nitriles is 1. The van der Waals surface area contributed by atoms with Gasteiger partial charge in [-0.25, -0.2) is 4.79 Å². The van der Waals surface area contributed by atoms with E-state index < -0.39 is 17.9 Å². The minimum Gasteiger partial charge on any atom is -0.484 e. The Hall–Kier alpha value is -2.81. The van der Waals surface area contributed by atoms with Gasteiger partial charge in [0.15, 0.2) is 6.61 Å². The van der Waals surface area contributed by atoms with E-state index in [1.165, 1.54) is 0 Å². The lowest BCUT2D eigenvalue weighted by Gasteiger charge is -2.13. The van der Waals surface area contributed by atoms with Gasteiger partial charge in [-0.15, -0.1) is 0 Å². The van der Waals surface area contributed by atoms with Crippen molar-refractivity contribution in [1.82, 2.24) is 5.32 Å². The molecule has 0 heterocycles. The molecule has 0 fully saturated rings. The lowest BCUT2D eigenvalue weighted by Crippen LogP contribution is -2.42. The number of aliphatic carboxylic acids is 1. The van der Waals surface area contributed by atoms with Gasteiger partial charge < -0.3 is 15.2 Å². The number of ether oxygens (including phenoxy) is 1. The maximum Gasteiger partial charge on any atom is 0.326 e. The smallest absolute Gasteiger partial charge is 0.326 e. The Bertz CT molecular complexity index is 558. The third-order valence-corrected chi connectivity index (χ3v) is 2.59. The molecular formula is C15H16N2O4. The molecule has 0 aliphatic carbocycles. The van der Waals surface area contributed by atoms with Crippen LogP contribution in [0.4, 0.5) is 0 Å². The van der Waals surface area contributed by atoms with Crippen molar-refractivity contribution in [2.24, 2.45) is 0 Å². The van der Waals surface area contributed by atoms with Crippen LogP contribution in [0.25, 0.3) is 0 Å². The van der Waals surface area contributed by atoms with Crippen LogP contribution in [0.15, 0.2) is 36.4 Å². The maximum absolute atomic E-state index is 11.6. The van der Waals surface area contributed by atoms with Crippen LogP contribution in [0.5, 0.6) is 5.75 Å². The molecule has 1 unspecified atom stereocenters. The molecule has 0 aliphatic heterocycles. The predicted molar refractivity (Wildman–Crippen MR) is 75.6 cm³/mol. The fourth-order valence-electron chi connectivity index (χ4n) is 1.50. The quantitative estimate of drug-likeness (QED) is 0.740. The minimum absolute atomic E-state index is 0.217. The van der Waals surface area contributed by atoms with Crippen LogP contribution in [0.1, 0.15) is 18.9 Å². The molecule has 0 bridgehead atoms. The topological polar surface area (TPSA) is 99.4 Å². The molecule has 0 saturated carbocycles. The van der Waals surface area contributed by atoms with Crippen molar-refractivity contribution in [3.05, 3.63) is 42.0 Å². The summed E-state index contributed by atoms with van der Waals surface area (Å²) in [6, 6.07) is 7.27. The van der Waals surface area contributed by atoms with E-state index in [4.69, 9.17) is 15.1 Å². The van der Waals surface area contributed by atoms with E-state index in [1.807, 2.05) is 6.07 Å². The summed E-state index contributed by atoms with van der Waals surface area (Å²) < 4.78 is 5.22. The fraction of sp³-hybridized carbons (Fsp3) is 0.267. The normalized spacial score (nSPS) is 11.6. The Morgan fingerprint density at radius 1 is 1.43 bits per heavy atom. The second-order valence-corrected chi connectivity index (χ2v) is 4.19. The zero-order chi connectivity index (χ0) is 15.7. The third kappa shape index (κ3) is 5.78. The molecule has 0 aliphatic rings. The molecule has 1 atom stereocenters. The van der Waals surface area contributed by atoms with Gasteiger partial charge in [0.2, 0.25) is 0 Å². The first-order valence-corrected chi connectivity index (χ1v) is 6.33. The molecule has 1 aromatic rings. The van der Waals surface area contributed by atoms with E-state index >= 15 is 0 Å². The standard InChI is InChI=1S/C15H16N2O4/c1-2-3-4-13(15(19)20)17-14(18)10-21-12-7-5-11(9-16)6-8-12/h2-3,5-8,13H,4,10H2,1H3,(H,17,18)(H,19,20)/b3-2+. The van der Waals surface area contributed by atoms with E-state index in [2.05, 4.69) is 5.32 Å². The highest BCUT2D eigenvalue weighted by Crippen LogP contribution is 2.11. The van der Waals surface area contributed by atoms with Gasteiger partial charge >= 0.3 is 5.97 Å². The number of carboxylic acid groups (broad SMARTS) is 1. The predicted octanol–water partition coefficient (Wildman–Crippen LogP) is 1.47. The van der Waals surface area contributed by atoms with Crippen LogP contribution in [0.3, 0.4) is 0 Å². The van der Waals surface area contributed by atoms with E-state index in [1.54, 1.807) is 43.3 Å². The minimum atomic E-state index is -1.10. The lowest BCUT2D eigenvalue weighted by atomic mass is 10.2. The number of allylic oxidation sites excluding steroid dienone is 1. The van der Waals surface area contributed by atoms with Crippen LogP contribution >= 0.6 is 0 Å². The molecule has 0 radical (unpaired) electrons. The second kappa shape index (κ2) is 8.38. The molecule has 110 valence electrons. The van der Waals surface area contributed by atoms with Gasteiger partial charge in [-0.3, -0.25) is 4.79 Å². The van der Waals surface area contributed by atoms with Gasteiger partial charge in [0, 0.05) is 0 Å². The highest BCUT2D eigenvalue weighted by atomic mass is 16.5. The summed E-state index contributed by atoms with van der Waals surface area (Å²) in [6.45, 7) is 1.49. The van der Waals surface area contributed by atoms with Crippen molar-refractivity contribution in [3.63, 3.8) is 0 Å². The number of carboxylic acids is 1. The summed E-state index contributed by atoms with van der Waals surface area (Å²) in [7, 11) is 0. The molecule has 2 N–H and O–H groups in total. The van der Waals surface area contributed by atoms with E-state index in [9.17, 15) is 9.59 Å². The molecule has 6 heteroatoms. The van der Waals surface area contributed by atoms with Crippen LogP contribution in [0, 0.1) is 11.3 Å². The zero-order valence-electron chi connectivity index (χ0n) is 11.6. The zero-order valence-corrected chi connectivity index (χ0v) is 11.6. The summed E-state index contributed by atoms with van der Waals surface area (Å²) in [5.41, 5.74) is 0.490. The van der Waals surface area contributed by atoms with Crippen LogP contribution in [-0.4, -0.2) is 29.6 Å². The Labute approximate surface area is 122 Å². The first-order valence-electron chi connectivity index (χ1n) is 6.33. The number of rotatable bonds is 7. The molecule has 1 amide bonds. The SMILES string of the molecule is C/C=C/CC(NC(=O)COc1ccc(C#N)cc1)C(=O)O. The Kier molecular flexibility index (Phi) is 6.48. The molecule has 1 aromatic carbocycles. The van der Waals surface area contributed by atoms with E-state index in [-0.39, 0.29) is 13.0 Å². The summed E-state index contributed by atoms with van der Waals surface area (Å²) in [5.74, 6) is -1.18. The Balaban J connectivity index is 2.48. The number of nitrogens with one attached hydrogen (secondary N) is 1. The van der Waals surface area contributed by atoms with Crippen molar-refractivity contribution < 1.29 is 19.4 Å². The van der Waals surface area contributed by atoms with Crippen LogP contribution in [-0.2, 0) is 9.59 Å². The van der Waals surface area contributed by atoms with Gasteiger partial charge in [-0.05, 0) is 37.6 Å². The van der Waals surface area contributed by atoms with Crippen molar-refractivity contribution in [3.8, 4) is 11.8 Å². The fourth-order valence-corrected chi connectivity index (χ4v) is 1.50. The first kappa shape index (κ1) is 16.2. The van der Waals surface area contributed by atoms with Gasteiger partial charge in [0.25, 0.3) is 5.91 Å². The molecule has 0 saturated heterocycles. The number of benzene rings is 1. The van der Waals surface area contributed by atoms with Crippen molar-refractivity contribution in [1.29, 1.82) is 5.26 Å². The van der Waals surface area contributed by atoms with Gasteiger partial charge in [0.05, 0.1) is 11.6 Å². The van der Waals surface area contributed by atoms with Gasteiger partial charge in [-0.2, -0.15) is 5.26 Å². The first-order chi connectivity index (χ1) is 10.1. The monoisotopic (exact) mass is 288 g/mol. The second-order valence-electron chi connectivity index (χ2n) is 4.19. The summed E-state index contributed by atoms with van der Waals surface area (Å²) in [5, 5.41) is 20.0. The molecule has 6 nitrogen and oxygen atoms in total. The number of amides is 1. The van der Waals surface area contributed by atoms with Crippen LogP contribution in [0.2, 0.25) is 0 Å². The van der Waals surface area contributed by atoms with Crippen molar-refractivity contribution >= 4 is 11.9 Å². The molecule has 1 rings (SSSR count). The highest BCUT2D eigenvalue weighted by molar-refractivity contribution is 5.84. The largest absolute Gasteiger partial charge is 0.484 e. The van der Waals surface area contributed by atoms with Crippen molar-refractivity contribution in [2.45, 2.75) is 19.4 Å². The third-order valence-electron chi connectivity index (χ3n) is 2.59. The lowest BCUT2D eigenvalue weighted by molar-refractivity contribution is -0.142. The van der Waals surface area contributed by atoms with Gasteiger partial charge in [0.1, 0.15) is 11.8 Å². The number of hydrogen-bond acceptors (Lipinski definition) is 4. The highest BCUT2D eigenvalue weighted by Gasteiger charge is 2.18. The van der Waals surface area contributed by atoms with E-state index in [0.717, 1.165) is 0 Å². The summed E-state index contributed by atoms with van der Waals surface area (Å²) in [6.07, 6.45) is 3.60. The Morgan fingerprint density at radius 2 is 2.10 bits per heavy atom. The molecular weight excluding hydrogens is 272 g/mol.